The largest absolute Gasteiger partial charge is 0.417 e. The Morgan fingerprint density at radius 2 is 1.51 bits per heavy atom. The number of carbonyl (C=O) groups excluding carboxylic acids is 2. The van der Waals surface area contributed by atoms with E-state index in [1.165, 1.54) is 36.1 Å². The van der Waals surface area contributed by atoms with Gasteiger partial charge in [-0.1, -0.05) is 53.0 Å². The predicted molar refractivity (Wildman–Crippen MR) is 162 cm³/mol. The average molecular weight is 659 g/mol. The highest BCUT2D eigenvalue weighted by Gasteiger charge is 2.37. The zero-order valence-electron chi connectivity index (χ0n) is 24.2. The fraction of sp³-hybridized carbons (Fsp3) is 0.333. The lowest BCUT2D eigenvalue weighted by Gasteiger charge is -2.33. The fourth-order valence-electron chi connectivity index (χ4n) is 4.10. The molecule has 0 aliphatic rings. The lowest BCUT2D eigenvalue weighted by atomic mass is 10.1. The average Bonchev–Trinajstić information content (AvgIpc) is 2.90. The standard InChI is InChI=1S/C30H32Cl2F3N3O4S/c1-19-6-13-24(14-7-19)43(41,42)38(23-12-15-26(32)25(16-23)30(33,34)35)18-27(39)37(17-21-8-10-22(31)11-9-21)20(2)28(40)36-29(3,4)5/h6-16,20H,17-18H2,1-5H3,(H,36,40)/t20-/m0/s1. The van der Waals surface area contributed by atoms with Gasteiger partial charge in [0.15, 0.2) is 0 Å². The summed E-state index contributed by atoms with van der Waals surface area (Å²) in [5.74, 6) is -1.33. The van der Waals surface area contributed by atoms with E-state index in [0.717, 1.165) is 17.7 Å². The summed E-state index contributed by atoms with van der Waals surface area (Å²) < 4.78 is 69.7. The van der Waals surface area contributed by atoms with E-state index in [1.54, 1.807) is 52.0 Å². The first-order chi connectivity index (χ1) is 19.8. The summed E-state index contributed by atoms with van der Waals surface area (Å²) >= 11 is 11.8. The normalized spacial score (nSPS) is 12.9. The van der Waals surface area contributed by atoms with Crippen LogP contribution in [0, 0.1) is 6.92 Å². The van der Waals surface area contributed by atoms with Crippen molar-refractivity contribution in [3.8, 4) is 0 Å². The van der Waals surface area contributed by atoms with Crippen LogP contribution >= 0.6 is 23.2 Å². The molecule has 0 aromatic heterocycles. The molecular formula is C30H32Cl2F3N3O4S. The molecule has 3 aromatic rings. The number of alkyl halides is 3. The molecule has 7 nitrogen and oxygen atoms in total. The lowest BCUT2D eigenvalue weighted by molar-refractivity contribution is -0.140. The van der Waals surface area contributed by atoms with Crippen LogP contribution in [0.1, 0.15) is 44.4 Å². The van der Waals surface area contributed by atoms with E-state index in [-0.39, 0.29) is 11.4 Å². The molecule has 0 bridgehead atoms. The van der Waals surface area contributed by atoms with E-state index in [4.69, 9.17) is 23.2 Å². The summed E-state index contributed by atoms with van der Waals surface area (Å²) in [7, 11) is -4.57. The van der Waals surface area contributed by atoms with Gasteiger partial charge in [-0.25, -0.2) is 8.42 Å². The molecule has 2 amide bonds. The van der Waals surface area contributed by atoms with Gasteiger partial charge < -0.3 is 10.2 Å². The highest BCUT2D eigenvalue weighted by molar-refractivity contribution is 7.92. The van der Waals surface area contributed by atoms with Crippen LogP contribution in [-0.4, -0.2) is 43.3 Å². The van der Waals surface area contributed by atoms with Gasteiger partial charge in [0.05, 0.1) is 21.2 Å². The van der Waals surface area contributed by atoms with E-state index in [1.807, 2.05) is 0 Å². The third kappa shape index (κ3) is 8.87. The first kappa shape index (κ1) is 34.2. The Morgan fingerprint density at radius 3 is 2.05 bits per heavy atom. The van der Waals surface area contributed by atoms with Crippen LogP contribution in [0.3, 0.4) is 0 Å². The maximum Gasteiger partial charge on any atom is 0.417 e. The summed E-state index contributed by atoms with van der Waals surface area (Å²) in [4.78, 5) is 28.0. The molecule has 0 spiro atoms. The molecule has 0 aliphatic carbocycles. The van der Waals surface area contributed by atoms with E-state index in [0.29, 0.717) is 21.0 Å². The summed E-state index contributed by atoms with van der Waals surface area (Å²) in [6, 6.07) is 13.7. The van der Waals surface area contributed by atoms with Crippen LogP contribution in [-0.2, 0) is 32.3 Å². The summed E-state index contributed by atoms with van der Waals surface area (Å²) in [6.45, 7) is 7.49. The molecule has 1 atom stereocenters. The van der Waals surface area contributed by atoms with Crippen LogP contribution in [0.2, 0.25) is 10.0 Å². The van der Waals surface area contributed by atoms with E-state index in [2.05, 4.69) is 5.32 Å². The number of hydrogen-bond acceptors (Lipinski definition) is 4. The molecule has 43 heavy (non-hydrogen) atoms. The Kier molecular flexibility index (Phi) is 10.5. The van der Waals surface area contributed by atoms with Crippen molar-refractivity contribution in [1.82, 2.24) is 10.2 Å². The Balaban J connectivity index is 2.13. The summed E-state index contributed by atoms with van der Waals surface area (Å²) in [6.07, 6.45) is -4.89. The SMILES string of the molecule is Cc1ccc(S(=O)(=O)N(CC(=O)N(Cc2ccc(Cl)cc2)[C@@H](C)C(=O)NC(C)(C)C)c2ccc(Cl)c(C(F)(F)F)c2)cc1. The summed E-state index contributed by atoms with van der Waals surface area (Å²) in [5.41, 5.74) is -0.992. The molecule has 0 heterocycles. The third-order valence-electron chi connectivity index (χ3n) is 6.36. The van der Waals surface area contributed by atoms with Crippen molar-refractivity contribution in [1.29, 1.82) is 0 Å². The fourth-order valence-corrected chi connectivity index (χ4v) is 5.85. The molecule has 0 radical (unpaired) electrons. The van der Waals surface area contributed by atoms with Crippen molar-refractivity contribution in [3.05, 3.63) is 93.5 Å². The van der Waals surface area contributed by atoms with Gasteiger partial charge in [-0.05, 0) is 82.6 Å². The van der Waals surface area contributed by atoms with Crippen molar-refractivity contribution in [2.45, 2.75) is 63.8 Å². The maximum absolute atomic E-state index is 14.0. The first-order valence-corrected chi connectivity index (χ1v) is 15.3. The topological polar surface area (TPSA) is 86.8 Å². The number of amides is 2. The molecule has 3 aromatic carbocycles. The number of aryl methyl sites for hydroxylation is 1. The van der Waals surface area contributed by atoms with Crippen molar-refractivity contribution in [3.63, 3.8) is 0 Å². The van der Waals surface area contributed by atoms with Crippen LogP contribution in [0.5, 0.6) is 0 Å². The molecule has 0 unspecified atom stereocenters. The van der Waals surface area contributed by atoms with Crippen molar-refractivity contribution >= 4 is 50.7 Å². The van der Waals surface area contributed by atoms with Crippen LogP contribution in [0.25, 0.3) is 0 Å². The number of benzene rings is 3. The zero-order chi connectivity index (χ0) is 32.3. The quantitative estimate of drug-likeness (QED) is 0.273. The van der Waals surface area contributed by atoms with Crippen molar-refractivity contribution < 1.29 is 31.2 Å². The second-order valence-corrected chi connectivity index (χ2v) is 13.8. The summed E-state index contributed by atoms with van der Waals surface area (Å²) in [5, 5.41) is 2.61. The number of hydrogen-bond donors (Lipinski definition) is 1. The zero-order valence-corrected chi connectivity index (χ0v) is 26.5. The molecule has 1 N–H and O–H groups in total. The van der Waals surface area contributed by atoms with Gasteiger partial charge >= 0.3 is 6.18 Å². The second kappa shape index (κ2) is 13.2. The molecule has 13 heteroatoms. The molecule has 0 saturated carbocycles. The number of nitrogens with one attached hydrogen (secondary N) is 1. The molecule has 0 aliphatic heterocycles. The molecule has 0 saturated heterocycles. The van der Waals surface area contributed by atoms with E-state index in [9.17, 15) is 31.2 Å². The Hall–Kier alpha value is -3.28. The minimum atomic E-state index is -4.89. The highest BCUT2D eigenvalue weighted by atomic mass is 35.5. The Labute approximate surface area is 259 Å². The van der Waals surface area contributed by atoms with Crippen molar-refractivity contribution in [2.75, 3.05) is 10.8 Å². The smallest absolute Gasteiger partial charge is 0.350 e. The van der Waals surface area contributed by atoms with Gasteiger partial charge in [-0.3, -0.25) is 13.9 Å². The van der Waals surface area contributed by atoms with Gasteiger partial charge in [-0.2, -0.15) is 13.2 Å². The number of anilines is 1. The van der Waals surface area contributed by atoms with E-state index < -0.39 is 62.4 Å². The van der Waals surface area contributed by atoms with Crippen LogP contribution in [0.15, 0.2) is 71.6 Å². The van der Waals surface area contributed by atoms with Gasteiger partial charge in [0.1, 0.15) is 12.6 Å². The molecular weight excluding hydrogens is 626 g/mol. The van der Waals surface area contributed by atoms with Gasteiger partial charge in [-0.15, -0.1) is 0 Å². The number of halogens is 5. The van der Waals surface area contributed by atoms with Crippen LogP contribution in [0.4, 0.5) is 18.9 Å². The van der Waals surface area contributed by atoms with Crippen molar-refractivity contribution in [2.24, 2.45) is 0 Å². The van der Waals surface area contributed by atoms with Crippen LogP contribution < -0.4 is 9.62 Å². The third-order valence-corrected chi connectivity index (χ3v) is 8.73. The predicted octanol–water partition coefficient (Wildman–Crippen LogP) is 6.85. The van der Waals surface area contributed by atoms with Gasteiger partial charge in [0, 0.05) is 17.1 Å². The number of sulfonamides is 1. The number of rotatable bonds is 9. The second-order valence-electron chi connectivity index (χ2n) is 11.0. The lowest BCUT2D eigenvalue weighted by Crippen LogP contribution is -2.54. The minimum Gasteiger partial charge on any atom is -0.350 e. The van der Waals surface area contributed by atoms with Gasteiger partial charge in [0.2, 0.25) is 11.8 Å². The first-order valence-electron chi connectivity index (χ1n) is 13.1. The Morgan fingerprint density at radius 1 is 0.930 bits per heavy atom. The monoisotopic (exact) mass is 657 g/mol. The molecule has 0 fully saturated rings. The van der Waals surface area contributed by atoms with E-state index >= 15 is 0 Å². The number of carbonyl (C=O) groups is 2. The minimum absolute atomic E-state index is 0.110. The molecule has 3 rings (SSSR count). The maximum atomic E-state index is 14.0. The molecule has 232 valence electrons. The number of nitrogens with zero attached hydrogens (tertiary/aromatic N) is 2. The van der Waals surface area contributed by atoms with Gasteiger partial charge in [0.25, 0.3) is 10.0 Å². The Bertz CT molecular complexity index is 1570. The highest BCUT2D eigenvalue weighted by Crippen LogP contribution is 2.38.